The van der Waals surface area contributed by atoms with Crippen molar-refractivity contribution >= 4 is 35.6 Å². The molecule has 0 radical (unpaired) electrons. The highest BCUT2D eigenvalue weighted by atomic mass is 32.2. The van der Waals surface area contributed by atoms with Gasteiger partial charge in [0.15, 0.2) is 6.10 Å². The second-order valence-electron chi connectivity index (χ2n) is 11.7. The smallest absolute Gasteiger partial charge is 0.408 e. The molecule has 4 atom stereocenters. The number of esters is 1. The molecule has 3 amide bonds. The SMILES string of the molecule is CC(C)(C)OC(=O)NC(C(=O)NC1C(=O)N2C1CSCC2(O)C(=O)OC(c1ccccc1)c1ccccc1)c1ccccc1. The number of benzene rings is 3. The average Bonchev–Trinajstić information content (AvgIpc) is 3.01. The topological polar surface area (TPSA) is 134 Å². The number of hydrogen-bond donors (Lipinski definition) is 3. The third-order valence-corrected chi connectivity index (χ3v) is 8.50. The molecule has 2 heterocycles. The van der Waals surface area contributed by atoms with Crippen LogP contribution in [-0.4, -0.2) is 68.8 Å². The van der Waals surface area contributed by atoms with Crippen LogP contribution in [0.25, 0.3) is 0 Å². The lowest BCUT2D eigenvalue weighted by Crippen LogP contribution is -2.81. The van der Waals surface area contributed by atoms with Crippen LogP contribution in [0.5, 0.6) is 0 Å². The first kappa shape index (κ1) is 31.1. The van der Waals surface area contributed by atoms with Crippen molar-refractivity contribution in [1.82, 2.24) is 15.5 Å². The summed E-state index contributed by atoms with van der Waals surface area (Å²) in [4.78, 5) is 54.3. The molecule has 0 saturated carbocycles. The fourth-order valence-corrected chi connectivity index (χ4v) is 6.51. The fourth-order valence-electron chi connectivity index (χ4n) is 5.27. The Labute approximate surface area is 260 Å². The van der Waals surface area contributed by atoms with E-state index >= 15 is 0 Å². The number of amides is 3. The first-order valence-corrected chi connectivity index (χ1v) is 15.4. The molecule has 230 valence electrons. The number of ether oxygens (including phenoxy) is 2. The van der Waals surface area contributed by atoms with E-state index in [1.807, 2.05) is 60.7 Å². The molecule has 3 aromatic carbocycles. The maximum Gasteiger partial charge on any atom is 0.408 e. The fraction of sp³-hybridized carbons (Fsp3) is 0.333. The largest absolute Gasteiger partial charge is 0.449 e. The van der Waals surface area contributed by atoms with E-state index < -0.39 is 59.4 Å². The van der Waals surface area contributed by atoms with Gasteiger partial charge in [-0.25, -0.2) is 9.59 Å². The first-order valence-electron chi connectivity index (χ1n) is 14.3. The Kier molecular flexibility index (Phi) is 8.98. The van der Waals surface area contributed by atoms with Crippen molar-refractivity contribution in [3.05, 3.63) is 108 Å². The number of alkyl carbamates (subject to hydrolysis) is 1. The van der Waals surface area contributed by atoms with E-state index in [0.717, 1.165) is 4.90 Å². The predicted octanol–water partition coefficient (Wildman–Crippen LogP) is 3.72. The monoisotopic (exact) mass is 617 g/mol. The Morgan fingerprint density at radius 3 is 1.95 bits per heavy atom. The minimum absolute atomic E-state index is 0.0854. The third kappa shape index (κ3) is 6.58. The summed E-state index contributed by atoms with van der Waals surface area (Å²) in [7, 11) is 0. The van der Waals surface area contributed by atoms with Crippen LogP contribution >= 0.6 is 11.8 Å². The Morgan fingerprint density at radius 2 is 1.43 bits per heavy atom. The molecule has 11 heteroatoms. The van der Waals surface area contributed by atoms with E-state index in [9.17, 15) is 24.3 Å². The van der Waals surface area contributed by atoms with Gasteiger partial charge in [-0.05, 0) is 37.5 Å². The highest BCUT2D eigenvalue weighted by Crippen LogP contribution is 2.40. The standard InChI is InChI=1S/C33H35N3O7S/c1-32(2,3)43-31(40)35-25(21-13-7-4-8-14-21)28(37)34-26-24-19-44-20-33(41,36(24)29(26)38)30(39)42-27(22-15-9-5-10-16-22)23-17-11-6-12-18-23/h4-18,24-27,41H,19-20H2,1-3H3,(H,34,37)(H,35,40). The van der Waals surface area contributed by atoms with Crippen LogP contribution in [0.3, 0.4) is 0 Å². The molecule has 3 N–H and O–H groups in total. The number of fused-ring (bicyclic) bond motifs is 1. The van der Waals surface area contributed by atoms with Crippen molar-refractivity contribution in [3.63, 3.8) is 0 Å². The molecule has 4 unspecified atom stereocenters. The molecular formula is C33H35N3O7S. The highest BCUT2D eigenvalue weighted by Gasteiger charge is 2.63. The number of nitrogens with zero attached hydrogens (tertiary/aromatic N) is 1. The Hall–Kier alpha value is -4.35. The van der Waals surface area contributed by atoms with Crippen LogP contribution in [0.15, 0.2) is 91.0 Å². The molecule has 10 nitrogen and oxygen atoms in total. The Morgan fingerprint density at radius 1 is 0.909 bits per heavy atom. The molecule has 5 rings (SSSR count). The average molecular weight is 618 g/mol. The normalized spacial score (nSPS) is 21.8. The number of β-lactam (4-membered cyclic amide) rings is 1. The van der Waals surface area contributed by atoms with Gasteiger partial charge in [0.05, 0.1) is 11.8 Å². The van der Waals surface area contributed by atoms with Crippen molar-refractivity contribution in [3.8, 4) is 0 Å². The number of rotatable bonds is 8. The van der Waals surface area contributed by atoms with Gasteiger partial charge in [0.2, 0.25) is 17.5 Å². The van der Waals surface area contributed by atoms with Crippen LogP contribution in [0.1, 0.15) is 49.6 Å². The van der Waals surface area contributed by atoms with Gasteiger partial charge >= 0.3 is 12.1 Å². The zero-order chi connectivity index (χ0) is 31.5. The molecule has 0 bridgehead atoms. The number of carbonyl (C=O) groups is 4. The summed E-state index contributed by atoms with van der Waals surface area (Å²) in [5, 5.41) is 16.9. The number of aliphatic hydroxyl groups is 1. The van der Waals surface area contributed by atoms with Gasteiger partial charge < -0.3 is 25.2 Å². The molecule has 3 aromatic rings. The first-order chi connectivity index (χ1) is 21.0. The predicted molar refractivity (Wildman–Crippen MR) is 164 cm³/mol. The summed E-state index contributed by atoms with van der Waals surface area (Å²) in [6.45, 7) is 5.13. The summed E-state index contributed by atoms with van der Waals surface area (Å²) in [6, 6.07) is 24.0. The summed E-state index contributed by atoms with van der Waals surface area (Å²) >= 11 is 1.28. The lowest BCUT2D eigenvalue weighted by atomic mass is 9.91. The van der Waals surface area contributed by atoms with E-state index in [2.05, 4.69) is 10.6 Å². The van der Waals surface area contributed by atoms with Gasteiger partial charge in [0, 0.05) is 5.75 Å². The second kappa shape index (κ2) is 12.7. The molecule has 2 aliphatic rings. The molecule has 0 aromatic heterocycles. The van der Waals surface area contributed by atoms with Crippen molar-refractivity contribution in [2.75, 3.05) is 11.5 Å². The summed E-state index contributed by atoms with van der Waals surface area (Å²) in [6.07, 6.45) is -1.60. The van der Waals surface area contributed by atoms with E-state index in [0.29, 0.717) is 22.4 Å². The van der Waals surface area contributed by atoms with Gasteiger partial charge in [0.25, 0.3) is 0 Å². The van der Waals surface area contributed by atoms with E-state index in [1.54, 1.807) is 51.1 Å². The zero-order valence-corrected chi connectivity index (χ0v) is 25.5. The van der Waals surface area contributed by atoms with E-state index in [-0.39, 0.29) is 5.75 Å². The van der Waals surface area contributed by atoms with Gasteiger partial charge in [-0.2, -0.15) is 11.8 Å². The van der Waals surface area contributed by atoms with Crippen LogP contribution in [-0.2, 0) is 23.9 Å². The van der Waals surface area contributed by atoms with E-state index in [1.165, 1.54) is 11.8 Å². The maximum absolute atomic E-state index is 13.6. The van der Waals surface area contributed by atoms with Crippen LogP contribution in [0, 0.1) is 0 Å². The lowest BCUT2D eigenvalue weighted by Gasteiger charge is -2.56. The number of thioether (sulfide) groups is 1. The van der Waals surface area contributed by atoms with Gasteiger partial charge in [0.1, 0.15) is 17.7 Å². The number of carbonyl (C=O) groups excluding carboxylic acids is 4. The molecule has 2 fully saturated rings. The van der Waals surface area contributed by atoms with Crippen LogP contribution < -0.4 is 10.6 Å². The van der Waals surface area contributed by atoms with Crippen molar-refractivity contribution in [2.24, 2.45) is 0 Å². The van der Waals surface area contributed by atoms with Crippen molar-refractivity contribution in [1.29, 1.82) is 0 Å². The van der Waals surface area contributed by atoms with Crippen LogP contribution in [0.4, 0.5) is 4.79 Å². The quantitative estimate of drug-likeness (QED) is 0.257. The summed E-state index contributed by atoms with van der Waals surface area (Å²) in [5.74, 6) is -1.92. The minimum atomic E-state index is -2.23. The Bertz CT molecular complexity index is 1460. The van der Waals surface area contributed by atoms with E-state index in [4.69, 9.17) is 9.47 Å². The molecule has 0 spiro atoms. The molecule has 2 saturated heterocycles. The minimum Gasteiger partial charge on any atom is -0.449 e. The Balaban J connectivity index is 1.32. The number of nitrogens with one attached hydrogen (secondary N) is 2. The van der Waals surface area contributed by atoms with Crippen molar-refractivity contribution < 1.29 is 33.8 Å². The summed E-state index contributed by atoms with van der Waals surface area (Å²) < 4.78 is 11.3. The maximum atomic E-state index is 13.6. The van der Waals surface area contributed by atoms with Gasteiger partial charge in [-0.15, -0.1) is 0 Å². The number of hydrogen-bond acceptors (Lipinski definition) is 8. The molecule has 44 heavy (non-hydrogen) atoms. The second-order valence-corrected chi connectivity index (χ2v) is 12.7. The third-order valence-electron chi connectivity index (χ3n) is 7.32. The highest BCUT2D eigenvalue weighted by molar-refractivity contribution is 7.99. The lowest BCUT2D eigenvalue weighted by molar-refractivity contribution is -0.211. The van der Waals surface area contributed by atoms with Gasteiger partial charge in [-0.1, -0.05) is 91.0 Å². The van der Waals surface area contributed by atoms with Crippen molar-refractivity contribution in [2.45, 2.75) is 56.3 Å². The molecular weight excluding hydrogens is 582 g/mol. The van der Waals surface area contributed by atoms with Crippen LogP contribution in [0.2, 0.25) is 0 Å². The molecule has 2 aliphatic heterocycles. The summed E-state index contributed by atoms with van der Waals surface area (Å²) in [5.41, 5.74) is -1.11. The molecule has 0 aliphatic carbocycles. The zero-order valence-electron chi connectivity index (χ0n) is 24.6. The van der Waals surface area contributed by atoms with Gasteiger partial charge in [-0.3, -0.25) is 14.5 Å².